The number of amides is 1. The van der Waals surface area contributed by atoms with Gasteiger partial charge in [0.15, 0.2) is 0 Å². The Bertz CT molecular complexity index is 715. The molecule has 2 aromatic rings. The molecule has 1 N–H and O–H groups in total. The number of hydrogen-bond acceptors (Lipinski definition) is 3. The summed E-state index contributed by atoms with van der Waals surface area (Å²) in [7, 11) is 0. The summed E-state index contributed by atoms with van der Waals surface area (Å²) in [5.74, 6) is -0.902. The fraction of sp³-hybridized carbons (Fsp3) is 0.300. The van der Waals surface area contributed by atoms with Crippen molar-refractivity contribution in [3.63, 3.8) is 0 Å². The van der Waals surface area contributed by atoms with Gasteiger partial charge in [-0.05, 0) is 50.5 Å². The second-order valence-corrected chi connectivity index (χ2v) is 5.91. The minimum atomic E-state index is -0.459. The first kappa shape index (κ1) is 18.6. The monoisotopic (exact) mass is 342 g/mol. The number of carbonyl (C=O) groups is 1. The van der Waals surface area contributed by atoms with Gasteiger partial charge in [0.05, 0.1) is 6.10 Å². The first-order chi connectivity index (χ1) is 12.0. The third-order valence-corrected chi connectivity index (χ3v) is 3.38. The molecule has 0 aliphatic carbocycles. The number of amidine groups is 1. The summed E-state index contributed by atoms with van der Waals surface area (Å²) in [5.41, 5.74) is 1.47. The largest absolute Gasteiger partial charge is 0.462 e. The number of rotatable bonds is 6. The van der Waals surface area contributed by atoms with Crippen molar-refractivity contribution in [2.45, 2.75) is 32.8 Å². The predicted molar refractivity (Wildman–Crippen MR) is 97.2 cm³/mol. The first-order valence-corrected chi connectivity index (χ1v) is 8.36. The van der Waals surface area contributed by atoms with Gasteiger partial charge in [0.2, 0.25) is 0 Å². The lowest BCUT2D eigenvalue weighted by atomic mass is 10.1. The van der Waals surface area contributed by atoms with E-state index in [-0.39, 0.29) is 17.7 Å². The lowest BCUT2D eigenvalue weighted by Gasteiger charge is -2.13. The Morgan fingerprint density at radius 3 is 2.60 bits per heavy atom. The lowest BCUT2D eigenvalue weighted by Crippen LogP contribution is -2.34. The zero-order valence-electron chi connectivity index (χ0n) is 14.5. The molecule has 0 aliphatic rings. The van der Waals surface area contributed by atoms with E-state index in [0.29, 0.717) is 6.54 Å². The molecule has 4 nitrogen and oxygen atoms in total. The Morgan fingerprint density at radius 1 is 1.16 bits per heavy atom. The minimum absolute atomic E-state index is 0.124. The molecule has 2 rings (SSSR count). The Kier molecular flexibility index (Phi) is 7.14. The molecule has 5 heteroatoms. The third kappa shape index (κ3) is 6.75. The van der Waals surface area contributed by atoms with Crippen molar-refractivity contribution >= 4 is 11.9 Å². The highest BCUT2D eigenvalue weighted by atomic mass is 19.1. The highest BCUT2D eigenvalue weighted by molar-refractivity contribution is 6.04. The SMILES string of the molecule is CC(C)OC(=NCCCc1ccccc1)NC(=O)c1cccc(F)c1. The molecular formula is C20H23FN2O2. The maximum atomic E-state index is 13.2. The third-order valence-electron chi connectivity index (χ3n) is 3.38. The van der Waals surface area contributed by atoms with Crippen LogP contribution in [0.2, 0.25) is 0 Å². The highest BCUT2D eigenvalue weighted by Crippen LogP contribution is 2.05. The smallest absolute Gasteiger partial charge is 0.291 e. The Labute approximate surface area is 147 Å². The lowest BCUT2D eigenvalue weighted by molar-refractivity contribution is 0.0959. The number of ether oxygens (including phenoxy) is 1. The van der Waals surface area contributed by atoms with E-state index in [9.17, 15) is 9.18 Å². The molecule has 0 saturated carbocycles. The van der Waals surface area contributed by atoms with E-state index >= 15 is 0 Å². The van der Waals surface area contributed by atoms with E-state index in [2.05, 4.69) is 22.4 Å². The van der Waals surface area contributed by atoms with E-state index in [0.717, 1.165) is 12.8 Å². The number of aliphatic imine (C=N–C) groups is 1. The van der Waals surface area contributed by atoms with E-state index in [1.54, 1.807) is 6.07 Å². The van der Waals surface area contributed by atoms with Crippen LogP contribution in [0, 0.1) is 5.82 Å². The number of carbonyl (C=O) groups excluding carboxylic acids is 1. The summed E-state index contributed by atoms with van der Waals surface area (Å²) in [6.07, 6.45) is 1.61. The summed E-state index contributed by atoms with van der Waals surface area (Å²) in [6.45, 7) is 4.24. The predicted octanol–water partition coefficient (Wildman–Crippen LogP) is 3.97. The number of nitrogens with zero attached hydrogens (tertiary/aromatic N) is 1. The summed E-state index contributed by atoms with van der Waals surface area (Å²) >= 11 is 0. The van der Waals surface area contributed by atoms with Gasteiger partial charge in [0, 0.05) is 12.1 Å². The summed E-state index contributed by atoms with van der Waals surface area (Å²) in [6, 6.07) is 15.8. The molecule has 0 aromatic heterocycles. The molecule has 0 spiro atoms. The van der Waals surface area contributed by atoms with Crippen LogP contribution in [-0.2, 0) is 11.2 Å². The van der Waals surface area contributed by atoms with E-state index in [1.165, 1.54) is 23.8 Å². The molecule has 0 heterocycles. The van der Waals surface area contributed by atoms with Crippen molar-refractivity contribution in [1.29, 1.82) is 0 Å². The quantitative estimate of drug-likeness (QED) is 0.491. The number of nitrogens with one attached hydrogen (secondary N) is 1. The van der Waals surface area contributed by atoms with Crippen molar-refractivity contribution in [3.8, 4) is 0 Å². The molecule has 0 radical (unpaired) electrons. The van der Waals surface area contributed by atoms with Crippen LogP contribution in [0.3, 0.4) is 0 Å². The van der Waals surface area contributed by atoms with Gasteiger partial charge in [0.1, 0.15) is 5.82 Å². The van der Waals surface area contributed by atoms with Gasteiger partial charge in [-0.1, -0.05) is 36.4 Å². The van der Waals surface area contributed by atoms with Gasteiger partial charge in [-0.3, -0.25) is 10.1 Å². The Morgan fingerprint density at radius 2 is 1.92 bits per heavy atom. The van der Waals surface area contributed by atoms with Crippen molar-refractivity contribution in [2.24, 2.45) is 4.99 Å². The van der Waals surface area contributed by atoms with Crippen LogP contribution in [0.15, 0.2) is 59.6 Å². The molecule has 1 amide bonds. The topological polar surface area (TPSA) is 50.7 Å². The molecule has 2 aromatic carbocycles. The van der Waals surface area contributed by atoms with Gasteiger partial charge < -0.3 is 4.74 Å². The van der Waals surface area contributed by atoms with Gasteiger partial charge in [0.25, 0.3) is 11.9 Å². The Balaban J connectivity index is 1.94. The minimum Gasteiger partial charge on any atom is -0.462 e. The van der Waals surface area contributed by atoms with Crippen LogP contribution in [0.25, 0.3) is 0 Å². The zero-order valence-corrected chi connectivity index (χ0v) is 14.5. The molecule has 0 bridgehead atoms. The number of aryl methyl sites for hydroxylation is 1. The molecule has 0 unspecified atom stereocenters. The van der Waals surface area contributed by atoms with Gasteiger partial charge >= 0.3 is 0 Å². The standard InChI is InChI=1S/C20H23FN2O2/c1-15(2)25-20(22-13-7-10-16-8-4-3-5-9-16)23-19(24)17-11-6-12-18(21)14-17/h3-6,8-9,11-12,14-15H,7,10,13H2,1-2H3,(H,22,23,24). The van der Waals surface area contributed by atoms with Crippen LogP contribution in [0.5, 0.6) is 0 Å². The first-order valence-electron chi connectivity index (χ1n) is 8.36. The van der Waals surface area contributed by atoms with E-state index < -0.39 is 11.7 Å². The van der Waals surface area contributed by atoms with Crippen molar-refractivity contribution in [1.82, 2.24) is 5.32 Å². The van der Waals surface area contributed by atoms with Crippen LogP contribution < -0.4 is 5.32 Å². The van der Waals surface area contributed by atoms with Crippen LogP contribution in [-0.4, -0.2) is 24.6 Å². The van der Waals surface area contributed by atoms with Crippen molar-refractivity contribution in [3.05, 3.63) is 71.5 Å². The maximum absolute atomic E-state index is 13.2. The fourth-order valence-corrected chi connectivity index (χ4v) is 2.24. The molecular weight excluding hydrogens is 319 g/mol. The molecule has 0 fully saturated rings. The van der Waals surface area contributed by atoms with Gasteiger partial charge in [-0.25, -0.2) is 9.38 Å². The normalized spacial score (nSPS) is 11.4. The summed E-state index contributed by atoms with van der Waals surface area (Å²) < 4.78 is 18.8. The second-order valence-electron chi connectivity index (χ2n) is 5.91. The average Bonchev–Trinajstić information content (AvgIpc) is 2.59. The average molecular weight is 342 g/mol. The van der Waals surface area contributed by atoms with Gasteiger partial charge in [-0.2, -0.15) is 0 Å². The molecule has 25 heavy (non-hydrogen) atoms. The Hall–Kier alpha value is -2.69. The summed E-state index contributed by atoms with van der Waals surface area (Å²) in [4.78, 5) is 16.5. The highest BCUT2D eigenvalue weighted by Gasteiger charge is 2.11. The van der Waals surface area contributed by atoms with Crippen molar-refractivity contribution in [2.75, 3.05) is 6.54 Å². The zero-order chi connectivity index (χ0) is 18.1. The number of halogens is 1. The maximum Gasteiger partial charge on any atom is 0.291 e. The van der Waals surface area contributed by atoms with Crippen LogP contribution in [0.1, 0.15) is 36.2 Å². The number of hydrogen-bond donors (Lipinski definition) is 1. The summed E-state index contributed by atoms with van der Waals surface area (Å²) in [5, 5.41) is 2.61. The van der Waals surface area contributed by atoms with Gasteiger partial charge in [-0.15, -0.1) is 0 Å². The van der Waals surface area contributed by atoms with Crippen LogP contribution >= 0.6 is 0 Å². The van der Waals surface area contributed by atoms with Crippen molar-refractivity contribution < 1.29 is 13.9 Å². The van der Waals surface area contributed by atoms with E-state index in [4.69, 9.17) is 4.74 Å². The molecule has 0 aliphatic heterocycles. The van der Waals surface area contributed by atoms with E-state index in [1.807, 2.05) is 32.0 Å². The molecule has 0 saturated heterocycles. The fourth-order valence-electron chi connectivity index (χ4n) is 2.24. The molecule has 132 valence electrons. The number of benzene rings is 2. The molecule has 0 atom stereocenters. The van der Waals surface area contributed by atoms with Crippen LogP contribution in [0.4, 0.5) is 4.39 Å². The second kappa shape index (κ2) is 9.57.